The van der Waals surface area contributed by atoms with Crippen molar-refractivity contribution in [3.8, 4) is 0 Å². The highest BCUT2D eigenvalue weighted by atomic mass is 35.5. The number of methoxy groups -OCH3 is 1. The first kappa shape index (κ1) is 30.7. The van der Waals surface area contributed by atoms with E-state index in [0.717, 1.165) is 32.5 Å². The molecule has 0 fully saturated rings. The second-order valence-corrected chi connectivity index (χ2v) is 10.0. The average molecular weight is 552 g/mol. The Hall–Kier alpha value is -2.53. The van der Waals surface area contributed by atoms with E-state index in [1.165, 1.54) is 23.3 Å². The molecule has 0 bridgehead atoms. The molecule has 2 N–H and O–H groups in total. The zero-order valence-corrected chi connectivity index (χ0v) is 23.7. The molecule has 1 aromatic carbocycles. The summed E-state index contributed by atoms with van der Waals surface area (Å²) >= 11 is 7.15. The average Bonchev–Trinajstić information content (AvgIpc) is 3.30. The monoisotopic (exact) mass is 551 g/mol. The summed E-state index contributed by atoms with van der Waals surface area (Å²) in [7, 11) is 1.53. The summed E-state index contributed by atoms with van der Waals surface area (Å²) in [4.78, 5) is 46.1. The van der Waals surface area contributed by atoms with E-state index in [4.69, 9.17) is 16.3 Å². The van der Waals surface area contributed by atoms with E-state index in [0.29, 0.717) is 21.4 Å². The maximum absolute atomic E-state index is 12.9. The molecule has 0 aliphatic heterocycles. The minimum Gasteiger partial charge on any atom is -0.383 e. The van der Waals surface area contributed by atoms with Crippen LogP contribution in [0.1, 0.15) is 49.7 Å². The topological polar surface area (TPSA) is 104 Å². The molecular formula is C26H38ClN5O4S. The molecule has 37 heavy (non-hydrogen) atoms. The minimum atomic E-state index is -0.384. The second-order valence-electron chi connectivity index (χ2n) is 8.73. The van der Waals surface area contributed by atoms with E-state index in [-0.39, 0.29) is 49.9 Å². The Balaban J connectivity index is 1.84. The van der Waals surface area contributed by atoms with E-state index in [9.17, 15) is 14.4 Å². The van der Waals surface area contributed by atoms with Gasteiger partial charge < -0.3 is 25.2 Å². The van der Waals surface area contributed by atoms with Gasteiger partial charge in [-0.25, -0.2) is 4.98 Å². The lowest BCUT2D eigenvalue weighted by Crippen LogP contribution is -2.40. The molecule has 0 aliphatic rings. The number of carbonyl (C=O) groups is 3. The number of benzene rings is 1. The predicted molar refractivity (Wildman–Crippen MR) is 148 cm³/mol. The van der Waals surface area contributed by atoms with E-state index in [2.05, 4.69) is 34.4 Å². The van der Waals surface area contributed by atoms with E-state index >= 15 is 0 Å². The maximum atomic E-state index is 12.9. The van der Waals surface area contributed by atoms with E-state index in [1.807, 2.05) is 6.92 Å². The van der Waals surface area contributed by atoms with Gasteiger partial charge in [0.1, 0.15) is 6.54 Å². The van der Waals surface area contributed by atoms with Crippen molar-refractivity contribution in [2.75, 3.05) is 51.8 Å². The number of aromatic nitrogens is 1. The van der Waals surface area contributed by atoms with Crippen molar-refractivity contribution >= 4 is 45.8 Å². The number of thiazole rings is 1. The van der Waals surface area contributed by atoms with Crippen LogP contribution in [0.15, 0.2) is 29.6 Å². The van der Waals surface area contributed by atoms with Crippen LogP contribution in [0, 0.1) is 0 Å². The summed E-state index contributed by atoms with van der Waals surface area (Å²) in [5.74, 6) is -0.782. The zero-order valence-electron chi connectivity index (χ0n) is 22.1. The van der Waals surface area contributed by atoms with Crippen LogP contribution in [0.5, 0.6) is 0 Å². The number of nitrogens with zero attached hydrogens (tertiary/aromatic N) is 3. The van der Waals surface area contributed by atoms with Gasteiger partial charge >= 0.3 is 0 Å². The molecule has 1 heterocycles. The van der Waals surface area contributed by atoms with Crippen LogP contribution in [0.3, 0.4) is 0 Å². The van der Waals surface area contributed by atoms with E-state index < -0.39 is 0 Å². The molecule has 2 aromatic rings. The van der Waals surface area contributed by atoms with Gasteiger partial charge in [-0.3, -0.25) is 14.4 Å². The fourth-order valence-electron chi connectivity index (χ4n) is 3.73. The summed E-state index contributed by atoms with van der Waals surface area (Å²) in [6.07, 6.45) is 2.08. The summed E-state index contributed by atoms with van der Waals surface area (Å²) in [6, 6.07) is 6.57. The normalized spacial score (nSPS) is 11.8. The van der Waals surface area contributed by atoms with Crippen LogP contribution < -0.4 is 10.6 Å². The summed E-state index contributed by atoms with van der Waals surface area (Å²) < 4.78 is 5.09. The summed E-state index contributed by atoms with van der Waals surface area (Å²) in [6.45, 7) is 9.77. The lowest BCUT2D eigenvalue weighted by molar-refractivity contribution is -0.121. The van der Waals surface area contributed by atoms with Crippen molar-refractivity contribution in [2.45, 2.75) is 46.1 Å². The largest absolute Gasteiger partial charge is 0.383 e. The molecule has 204 valence electrons. The number of anilines is 1. The van der Waals surface area contributed by atoms with Crippen LogP contribution in [-0.2, 0) is 20.7 Å². The second kappa shape index (κ2) is 16.3. The highest BCUT2D eigenvalue weighted by molar-refractivity contribution is 7.13. The van der Waals surface area contributed by atoms with Crippen molar-refractivity contribution < 1.29 is 19.1 Å². The Kier molecular flexibility index (Phi) is 13.6. The van der Waals surface area contributed by atoms with Crippen molar-refractivity contribution in [3.63, 3.8) is 0 Å². The van der Waals surface area contributed by atoms with Gasteiger partial charge in [-0.05, 0) is 63.7 Å². The van der Waals surface area contributed by atoms with Gasteiger partial charge in [0, 0.05) is 35.7 Å². The Morgan fingerprint density at radius 3 is 2.46 bits per heavy atom. The SMILES string of the molecule is CCN(CC)CCCC(C)NC(=O)Cc1csc(NC(=O)CN(CCOC)C(=O)c2ccc(Cl)cc2)n1. The molecule has 1 unspecified atom stereocenters. The Labute approximate surface area is 228 Å². The number of carbonyl (C=O) groups excluding carboxylic acids is 3. The number of amides is 3. The first-order valence-corrected chi connectivity index (χ1v) is 13.8. The van der Waals surface area contributed by atoms with Crippen molar-refractivity contribution in [2.24, 2.45) is 0 Å². The Morgan fingerprint density at radius 1 is 1.11 bits per heavy atom. The molecule has 9 nitrogen and oxygen atoms in total. The highest BCUT2D eigenvalue weighted by Crippen LogP contribution is 2.17. The zero-order chi connectivity index (χ0) is 27.2. The molecule has 0 saturated carbocycles. The van der Waals surface area contributed by atoms with Crippen LogP contribution in [0.2, 0.25) is 5.02 Å². The summed E-state index contributed by atoms with van der Waals surface area (Å²) in [5.41, 5.74) is 1.01. The van der Waals surface area contributed by atoms with Crippen molar-refractivity contribution in [3.05, 3.63) is 45.9 Å². The molecule has 0 aliphatic carbocycles. The fourth-order valence-corrected chi connectivity index (χ4v) is 4.58. The third-order valence-electron chi connectivity index (χ3n) is 5.83. The minimum absolute atomic E-state index is 0.0807. The van der Waals surface area contributed by atoms with Gasteiger partial charge in [0.2, 0.25) is 11.8 Å². The molecule has 0 radical (unpaired) electrons. The lowest BCUT2D eigenvalue weighted by atomic mass is 10.1. The van der Waals surface area contributed by atoms with Gasteiger partial charge in [0.05, 0.1) is 18.7 Å². The maximum Gasteiger partial charge on any atom is 0.254 e. The molecule has 0 spiro atoms. The number of hydrogen-bond donors (Lipinski definition) is 2. The number of hydrogen-bond acceptors (Lipinski definition) is 7. The highest BCUT2D eigenvalue weighted by Gasteiger charge is 2.20. The molecule has 0 saturated heterocycles. The Morgan fingerprint density at radius 2 is 1.81 bits per heavy atom. The quantitative estimate of drug-likeness (QED) is 0.330. The van der Waals surface area contributed by atoms with Gasteiger partial charge in [0.25, 0.3) is 5.91 Å². The fraction of sp³-hybridized carbons (Fsp3) is 0.538. The van der Waals surface area contributed by atoms with Crippen LogP contribution in [0.4, 0.5) is 5.13 Å². The molecule has 2 rings (SSSR count). The number of rotatable bonds is 16. The molecule has 1 aromatic heterocycles. The van der Waals surface area contributed by atoms with Gasteiger partial charge in [0.15, 0.2) is 5.13 Å². The molecule has 3 amide bonds. The summed E-state index contributed by atoms with van der Waals surface area (Å²) in [5, 5.41) is 8.40. The van der Waals surface area contributed by atoms with Crippen molar-refractivity contribution in [1.82, 2.24) is 20.1 Å². The smallest absolute Gasteiger partial charge is 0.254 e. The first-order valence-electron chi connectivity index (χ1n) is 12.5. The predicted octanol–water partition coefficient (Wildman–Crippen LogP) is 3.69. The van der Waals surface area contributed by atoms with E-state index in [1.54, 1.807) is 29.6 Å². The Bertz CT molecular complexity index is 997. The molecular weight excluding hydrogens is 514 g/mol. The van der Waals surface area contributed by atoms with Crippen LogP contribution >= 0.6 is 22.9 Å². The third kappa shape index (κ3) is 11.2. The lowest BCUT2D eigenvalue weighted by Gasteiger charge is -2.21. The number of nitrogens with one attached hydrogen (secondary N) is 2. The number of halogens is 1. The van der Waals surface area contributed by atoms with Gasteiger partial charge in [-0.1, -0.05) is 25.4 Å². The molecule has 11 heteroatoms. The molecule has 1 atom stereocenters. The standard InChI is InChI=1S/C26H38ClN5O4S/c1-5-31(6-2)13-7-8-19(3)28-23(33)16-22-18-37-26(29-22)30-24(34)17-32(14-15-36-4)25(35)20-9-11-21(27)12-10-20/h9-12,18-19H,5-8,13-17H2,1-4H3,(H,28,33)(H,29,30,34). The third-order valence-corrected chi connectivity index (χ3v) is 6.89. The van der Waals surface area contributed by atoms with Crippen LogP contribution in [0.25, 0.3) is 0 Å². The van der Waals surface area contributed by atoms with Gasteiger partial charge in [-0.2, -0.15) is 0 Å². The van der Waals surface area contributed by atoms with Crippen molar-refractivity contribution in [1.29, 1.82) is 0 Å². The number of ether oxygens (including phenoxy) is 1. The van der Waals surface area contributed by atoms with Gasteiger partial charge in [-0.15, -0.1) is 11.3 Å². The first-order chi connectivity index (χ1) is 17.7. The van der Waals surface area contributed by atoms with Crippen LogP contribution in [-0.4, -0.2) is 85.0 Å².